The lowest BCUT2D eigenvalue weighted by Gasteiger charge is -2.14. The van der Waals surface area contributed by atoms with Crippen LogP contribution in [0.15, 0.2) is 47.5 Å². The molecule has 1 amide bonds. The molecule has 0 aliphatic carbocycles. The molecular formula is C20H21N3OS. The number of aromatic nitrogens is 2. The molecule has 0 bridgehead atoms. The van der Waals surface area contributed by atoms with Gasteiger partial charge in [0.15, 0.2) is 0 Å². The Morgan fingerprint density at radius 3 is 2.60 bits per heavy atom. The molecule has 1 aromatic heterocycles. The number of rotatable bonds is 4. The molecule has 2 aromatic carbocycles. The Hall–Kier alpha value is -2.40. The van der Waals surface area contributed by atoms with Crippen molar-refractivity contribution in [2.75, 3.05) is 5.32 Å². The van der Waals surface area contributed by atoms with Gasteiger partial charge >= 0.3 is 0 Å². The molecule has 0 saturated heterocycles. The highest BCUT2D eigenvalue weighted by Gasteiger charge is 2.18. The smallest absolute Gasteiger partial charge is 0.237 e. The van der Waals surface area contributed by atoms with E-state index in [-0.39, 0.29) is 11.2 Å². The fourth-order valence-electron chi connectivity index (χ4n) is 2.66. The van der Waals surface area contributed by atoms with E-state index in [9.17, 15) is 4.79 Å². The molecule has 1 atom stereocenters. The fourth-order valence-corrected chi connectivity index (χ4v) is 3.64. The Balaban J connectivity index is 1.80. The van der Waals surface area contributed by atoms with Crippen molar-refractivity contribution in [2.45, 2.75) is 38.0 Å². The summed E-state index contributed by atoms with van der Waals surface area (Å²) in [5.41, 5.74) is 4.00. The zero-order valence-electron chi connectivity index (χ0n) is 14.8. The Bertz CT molecular complexity index is 939. The summed E-state index contributed by atoms with van der Waals surface area (Å²) < 4.78 is 0. The minimum atomic E-state index is -0.265. The molecule has 1 N–H and O–H groups in total. The minimum Gasteiger partial charge on any atom is -0.325 e. The zero-order valence-corrected chi connectivity index (χ0v) is 15.6. The Kier molecular flexibility index (Phi) is 5.04. The first-order valence-electron chi connectivity index (χ1n) is 8.22. The van der Waals surface area contributed by atoms with Crippen LogP contribution in [-0.2, 0) is 4.79 Å². The van der Waals surface area contributed by atoms with Gasteiger partial charge < -0.3 is 5.32 Å². The van der Waals surface area contributed by atoms with Crippen molar-refractivity contribution in [1.82, 2.24) is 9.97 Å². The number of hydrogen-bond acceptors (Lipinski definition) is 4. The first-order valence-corrected chi connectivity index (χ1v) is 9.10. The fraction of sp³-hybridized carbons (Fsp3) is 0.250. The number of para-hydroxylation sites is 1. The van der Waals surface area contributed by atoms with Gasteiger partial charge in [-0.1, -0.05) is 47.7 Å². The lowest BCUT2D eigenvalue weighted by Crippen LogP contribution is -2.23. The third kappa shape index (κ3) is 3.99. The van der Waals surface area contributed by atoms with Gasteiger partial charge in [0.05, 0.1) is 10.8 Å². The van der Waals surface area contributed by atoms with Gasteiger partial charge in [0, 0.05) is 11.1 Å². The Morgan fingerprint density at radius 2 is 1.84 bits per heavy atom. The largest absolute Gasteiger partial charge is 0.325 e. The summed E-state index contributed by atoms with van der Waals surface area (Å²) in [7, 11) is 0. The predicted octanol–water partition coefficient (Wildman–Crippen LogP) is 4.67. The molecule has 25 heavy (non-hydrogen) atoms. The van der Waals surface area contributed by atoms with Gasteiger partial charge in [-0.15, -0.1) is 0 Å². The summed E-state index contributed by atoms with van der Waals surface area (Å²) in [5, 5.41) is 4.57. The van der Waals surface area contributed by atoms with Gasteiger partial charge in [0.2, 0.25) is 5.91 Å². The third-order valence-electron chi connectivity index (χ3n) is 3.98. The molecule has 0 radical (unpaired) electrons. The van der Waals surface area contributed by atoms with Crippen molar-refractivity contribution in [2.24, 2.45) is 0 Å². The maximum Gasteiger partial charge on any atom is 0.237 e. The normalized spacial score (nSPS) is 12.2. The van der Waals surface area contributed by atoms with E-state index in [0.29, 0.717) is 5.82 Å². The zero-order chi connectivity index (χ0) is 18.0. The van der Waals surface area contributed by atoms with Crippen molar-refractivity contribution in [3.05, 3.63) is 59.4 Å². The topological polar surface area (TPSA) is 54.9 Å². The molecule has 5 heteroatoms. The predicted molar refractivity (Wildman–Crippen MR) is 104 cm³/mol. The van der Waals surface area contributed by atoms with E-state index in [4.69, 9.17) is 0 Å². The maximum absolute atomic E-state index is 12.6. The number of thioether (sulfide) groups is 1. The molecule has 128 valence electrons. The molecule has 0 aliphatic heterocycles. The third-order valence-corrected chi connectivity index (χ3v) is 5.08. The van der Waals surface area contributed by atoms with E-state index in [1.807, 2.05) is 64.1 Å². The molecule has 1 heterocycles. The van der Waals surface area contributed by atoms with Gasteiger partial charge in [0.1, 0.15) is 10.9 Å². The molecule has 4 nitrogen and oxygen atoms in total. The van der Waals surface area contributed by atoms with Crippen molar-refractivity contribution in [3.8, 4) is 0 Å². The summed E-state index contributed by atoms with van der Waals surface area (Å²) in [5.74, 6) is 0.681. The van der Waals surface area contributed by atoms with Crippen LogP contribution in [0.3, 0.4) is 0 Å². The highest BCUT2D eigenvalue weighted by molar-refractivity contribution is 8.00. The van der Waals surface area contributed by atoms with Gasteiger partial charge in [-0.3, -0.25) is 4.79 Å². The number of carbonyl (C=O) groups is 1. The summed E-state index contributed by atoms with van der Waals surface area (Å²) in [4.78, 5) is 21.6. The lowest BCUT2D eigenvalue weighted by molar-refractivity contribution is -0.115. The molecule has 1 unspecified atom stereocenters. The maximum atomic E-state index is 12.6. The number of fused-ring (bicyclic) bond motifs is 1. The standard InChI is InChI=1S/C20H21N3OS/c1-12-9-10-17(13(2)11-12)23-19(24)14(3)25-20-16-7-5-6-8-18(16)21-15(4)22-20/h5-11,14H,1-4H3,(H,23,24). The number of nitrogens with zero attached hydrogens (tertiary/aromatic N) is 2. The van der Waals surface area contributed by atoms with E-state index >= 15 is 0 Å². The van der Waals surface area contributed by atoms with Crippen LogP contribution in [0.2, 0.25) is 0 Å². The van der Waals surface area contributed by atoms with Gasteiger partial charge in [-0.2, -0.15) is 0 Å². The second-order valence-corrected chi connectivity index (χ2v) is 7.49. The quantitative estimate of drug-likeness (QED) is 0.548. The Labute approximate surface area is 152 Å². The molecule has 3 rings (SSSR count). The van der Waals surface area contributed by atoms with E-state index in [1.54, 1.807) is 0 Å². The van der Waals surface area contributed by atoms with Crippen LogP contribution in [0, 0.1) is 20.8 Å². The molecule has 0 saturated carbocycles. The van der Waals surface area contributed by atoms with Crippen LogP contribution in [0.1, 0.15) is 23.9 Å². The van der Waals surface area contributed by atoms with Gasteiger partial charge in [0.25, 0.3) is 0 Å². The van der Waals surface area contributed by atoms with Crippen LogP contribution >= 0.6 is 11.8 Å². The monoisotopic (exact) mass is 351 g/mol. The number of benzene rings is 2. The van der Waals surface area contributed by atoms with Crippen molar-refractivity contribution in [1.29, 1.82) is 0 Å². The average Bonchev–Trinajstić information content (AvgIpc) is 2.57. The second kappa shape index (κ2) is 7.23. The van der Waals surface area contributed by atoms with Crippen molar-refractivity contribution >= 4 is 34.3 Å². The van der Waals surface area contributed by atoms with Crippen LogP contribution in [0.4, 0.5) is 5.69 Å². The highest BCUT2D eigenvalue weighted by atomic mass is 32.2. The first-order chi connectivity index (χ1) is 11.9. The molecule has 0 fully saturated rings. The summed E-state index contributed by atoms with van der Waals surface area (Å²) in [6.45, 7) is 7.81. The summed E-state index contributed by atoms with van der Waals surface area (Å²) in [6.07, 6.45) is 0. The SMILES string of the molecule is Cc1ccc(NC(=O)C(C)Sc2nc(C)nc3ccccc23)c(C)c1. The van der Waals surface area contributed by atoms with Crippen LogP contribution in [0.5, 0.6) is 0 Å². The minimum absolute atomic E-state index is 0.0303. The van der Waals surface area contributed by atoms with Crippen LogP contribution in [0.25, 0.3) is 10.9 Å². The van der Waals surface area contributed by atoms with Crippen molar-refractivity contribution in [3.63, 3.8) is 0 Å². The molecule has 0 spiro atoms. The van der Waals surface area contributed by atoms with Gasteiger partial charge in [-0.25, -0.2) is 9.97 Å². The highest BCUT2D eigenvalue weighted by Crippen LogP contribution is 2.29. The molecule has 0 aliphatic rings. The number of anilines is 1. The summed E-state index contributed by atoms with van der Waals surface area (Å²) >= 11 is 1.46. The van der Waals surface area contributed by atoms with E-state index in [2.05, 4.69) is 21.4 Å². The number of nitrogens with one attached hydrogen (secondary N) is 1. The first kappa shape index (κ1) is 17.4. The summed E-state index contributed by atoms with van der Waals surface area (Å²) in [6, 6.07) is 13.9. The Morgan fingerprint density at radius 1 is 1.08 bits per heavy atom. The number of hydrogen-bond donors (Lipinski definition) is 1. The van der Waals surface area contributed by atoms with Crippen molar-refractivity contribution < 1.29 is 4.79 Å². The van der Waals surface area contributed by atoms with E-state index in [1.165, 1.54) is 17.3 Å². The van der Waals surface area contributed by atoms with Crippen LogP contribution in [-0.4, -0.2) is 21.1 Å². The van der Waals surface area contributed by atoms with E-state index < -0.39 is 0 Å². The number of carbonyl (C=O) groups excluding carboxylic acids is 1. The molecular weight excluding hydrogens is 330 g/mol. The second-order valence-electron chi connectivity index (χ2n) is 6.16. The number of amides is 1. The van der Waals surface area contributed by atoms with Gasteiger partial charge in [-0.05, 0) is 45.4 Å². The lowest BCUT2D eigenvalue weighted by atomic mass is 10.1. The number of aryl methyl sites for hydroxylation is 3. The van der Waals surface area contributed by atoms with Crippen LogP contribution < -0.4 is 5.32 Å². The molecule has 3 aromatic rings. The van der Waals surface area contributed by atoms with E-state index in [0.717, 1.165) is 27.2 Å². The average molecular weight is 351 g/mol.